The van der Waals surface area contributed by atoms with Crippen LogP contribution in [0.1, 0.15) is 48.5 Å². The van der Waals surface area contributed by atoms with Gasteiger partial charge >= 0.3 is 6.18 Å². The van der Waals surface area contributed by atoms with Crippen molar-refractivity contribution in [3.63, 3.8) is 0 Å². The Kier molecular flexibility index (Phi) is 6.52. The number of halogens is 4. The molecule has 0 saturated heterocycles. The lowest BCUT2D eigenvalue weighted by Gasteiger charge is -2.10. The van der Waals surface area contributed by atoms with Gasteiger partial charge in [-0.25, -0.2) is 0 Å². The molecule has 0 atom stereocenters. The van der Waals surface area contributed by atoms with Gasteiger partial charge in [0.05, 0.1) is 4.92 Å². The summed E-state index contributed by atoms with van der Waals surface area (Å²) in [5.74, 6) is -2.09. The summed E-state index contributed by atoms with van der Waals surface area (Å²) >= 11 is 3.05. The standard InChI is InChI=1S/C14H15BrF3NO3/c1-2-3-4-5-6-10-11(15)7-9(8-12(10)19(21)22)13(20)14(16,17)18/h7-8H,2-6H2,1H3. The van der Waals surface area contributed by atoms with E-state index in [0.29, 0.717) is 24.5 Å². The number of Topliss-reactive ketones (excluding diaryl/α,β-unsaturated/α-hetero) is 1. The number of hydrogen-bond donors (Lipinski definition) is 0. The molecule has 22 heavy (non-hydrogen) atoms. The fourth-order valence-corrected chi connectivity index (χ4v) is 2.70. The number of rotatable bonds is 7. The molecule has 0 aliphatic heterocycles. The van der Waals surface area contributed by atoms with Gasteiger partial charge < -0.3 is 0 Å². The van der Waals surface area contributed by atoms with Gasteiger partial charge in [0.1, 0.15) is 0 Å². The summed E-state index contributed by atoms with van der Waals surface area (Å²) in [7, 11) is 0. The highest BCUT2D eigenvalue weighted by Crippen LogP contribution is 2.33. The zero-order valence-corrected chi connectivity index (χ0v) is 13.5. The minimum Gasteiger partial charge on any atom is -0.284 e. The molecule has 1 aromatic rings. The van der Waals surface area contributed by atoms with Gasteiger partial charge in [0, 0.05) is 21.7 Å². The minimum absolute atomic E-state index is 0.158. The lowest BCUT2D eigenvalue weighted by molar-refractivity contribution is -0.385. The zero-order chi connectivity index (χ0) is 16.9. The van der Waals surface area contributed by atoms with Gasteiger partial charge in [0.15, 0.2) is 0 Å². The Morgan fingerprint density at radius 2 is 1.91 bits per heavy atom. The maximum atomic E-state index is 12.5. The zero-order valence-electron chi connectivity index (χ0n) is 11.9. The number of hydrogen-bond acceptors (Lipinski definition) is 3. The van der Waals surface area contributed by atoms with Crippen LogP contribution >= 0.6 is 15.9 Å². The first-order valence-electron chi connectivity index (χ1n) is 6.76. The molecule has 0 bridgehead atoms. The van der Waals surface area contributed by atoms with Crippen molar-refractivity contribution in [1.82, 2.24) is 0 Å². The highest BCUT2D eigenvalue weighted by atomic mass is 79.9. The van der Waals surface area contributed by atoms with Gasteiger partial charge in [0.25, 0.3) is 11.5 Å². The van der Waals surface area contributed by atoms with E-state index in [1.54, 1.807) is 0 Å². The third-order valence-electron chi connectivity index (χ3n) is 3.17. The summed E-state index contributed by atoms with van der Waals surface area (Å²) in [4.78, 5) is 21.6. The van der Waals surface area contributed by atoms with Crippen molar-refractivity contribution in [2.75, 3.05) is 0 Å². The second-order valence-corrected chi connectivity index (χ2v) is 5.70. The SMILES string of the molecule is CCCCCCc1c(Br)cc(C(=O)C(F)(F)F)cc1[N+](=O)[O-]. The van der Waals surface area contributed by atoms with Crippen LogP contribution in [0.5, 0.6) is 0 Å². The molecule has 0 unspecified atom stereocenters. The number of unbranched alkanes of at least 4 members (excludes halogenated alkanes) is 3. The molecule has 0 aliphatic rings. The monoisotopic (exact) mass is 381 g/mol. The van der Waals surface area contributed by atoms with Crippen LogP contribution < -0.4 is 0 Å². The van der Waals surface area contributed by atoms with Gasteiger partial charge in [0.2, 0.25) is 0 Å². The van der Waals surface area contributed by atoms with E-state index >= 15 is 0 Å². The lowest BCUT2D eigenvalue weighted by Crippen LogP contribution is -2.23. The van der Waals surface area contributed by atoms with E-state index in [9.17, 15) is 28.1 Å². The van der Waals surface area contributed by atoms with Gasteiger partial charge in [-0.3, -0.25) is 14.9 Å². The highest BCUT2D eigenvalue weighted by molar-refractivity contribution is 9.10. The second kappa shape index (κ2) is 7.71. The third kappa shape index (κ3) is 4.79. The van der Waals surface area contributed by atoms with Crippen molar-refractivity contribution in [3.05, 3.63) is 37.8 Å². The fraction of sp³-hybridized carbons (Fsp3) is 0.500. The molecule has 8 heteroatoms. The number of alkyl halides is 3. The second-order valence-electron chi connectivity index (χ2n) is 4.85. The average molecular weight is 382 g/mol. The molecule has 0 fully saturated rings. The minimum atomic E-state index is -5.06. The molecule has 4 nitrogen and oxygen atoms in total. The number of nitro groups is 1. The number of nitro benzene ring substituents is 1. The quantitative estimate of drug-likeness (QED) is 0.281. The Labute approximate surface area is 134 Å². The smallest absolute Gasteiger partial charge is 0.284 e. The number of carbonyl (C=O) groups excluding carboxylic acids is 1. The van der Waals surface area contributed by atoms with Crippen molar-refractivity contribution in [2.24, 2.45) is 0 Å². The van der Waals surface area contributed by atoms with E-state index in [0.717, 1.165) is 25.3 Å². The van der Waals surface area contributed by atoms with E-state index in [4.69, 9.17) is 0 Å². The van der Waals surface area contributed by atoms with Crippen LogP contribution in [0.3, 0.4) is 0 Å². The fourth-order valence-electron chi connectivity index (χ4n) is 2.06. The molecule has 122 valence electrons. The average Bonchev–Trinajstić information content (AvgIpc) is 2.42. The van der Waals surface area contributed by atoms with E-state index in [-0.39, 0.29) is 4.47 Å². The van der Waals surface area contributed by atoms with Crippen LogP contribution in [0.15, 0.2) is 16.6 Å². The van der Waals surface area contributed by atoms with E-state index in [1.807, 2.05) is 6.92 Å². The molecular formula is C14H15BrF3NO3. The summed E-state index contributed by atoms with van der Waals surface area (Å²) in [6.45, 7) is 2.02. The molecule has 0 aromatic heterocycles. The predicted molar refractivity (Wildman–Crippen MR) is 79.0 cm³/mol. The van der Waals surface area contributed by atoms with Crippen LogP contribution in [-0.4, -0.2) is 16.9 Å². The largest absolute Gasteiger partial charge is 0.454 e. The van der Waals surface area contributed by atoms with Crippen molar-refractivity contribution in [3.8, 4) is 0 Å². The summed E-state index contributed by atoms with van der Waals surface area (Å²) in [6.07, 6.45) is -1.13. The Morgan fingerprint density at radius 3 is 2.41 bits per heavy atom. The topological polar surface area (TPSA) is 60.2 Å². The molecule has 0 heterocycles. The van der Waals surface area contributed by atoms with E-state index in [2.05, 4.69) is 15.9 Å². The summed E-state index contributed by atoms with van der Waals surface area (Å²) in [5, 5.41) is 11.1. The first-order valence-corrected chi connectivity index (χ1v) is 7.56. The predicted octanol–water partition coefficient (Wildman–Crippen LogP) is 5.23. The summed E-state index contributed by atoms with van der Waals surface area (Å²) in [6, 6.07) is 1.70. The normalized spacial score (nSPS) is 11.5. The van der Waals surface area contributed by atoms with Crippen LogP contribution in [0.2, 0.25) is 0 Å². The molecular weight excluding hydrogens is 367 g/mol. The number of ketones is 1. The van der Waals surface area contributed by atoms with E-state index < -0.39 is 28.1 Å². The summed E-state index contributed by atoms with van der Waals surface area (Å²) in [5.41, 5.74) is -0.873. The van der Waals surface area contributed by atoms with Gasteiger partial charge in [-0.15, -0.1) is 0 Å². The molecule has 1 aromatic carbocycles. The first-order chi connectivity index (χ1) is 10.2. The number of carbonyl (C=O) groups is 1. The van der Waals surface area contributed by atoms with Gasteiger partial charge in [-0.05, 0) is 18.9 Å². The van der Waals surface area contributed by atoms with Crippen LogP contribution in [0, 0.1) is 10.1 Å². The molecule has 1 rings (SSSR count). The molecule has 0 spiro atoms. The Hall–Kier alpha value is -1.44. The number of benzene rings is 1. The molecule has 0 radical (unpaired) electrons. The van der Waals surface area contributed by atoms with E-state index in [1.165, 1.54) is 0 Å². The van der Waals surface area contributed by atoms with Crippen molar-refractivity contribution in [2.45, 2.75) is 45.2 Å². The van der Waals surface area contributed by atoms with Gasteiger partial charge in [-0.2, -0.15) is 13.2 Å². The maximum absolute atomic E-state index is 12.5. The van der Waals surface area contributed by atoms with Gasteiger partial charge in [-0.1, -0.05) is 42.1 Å². The van der Waals surface area contributed by atoms with Crippen LogP contribution in [-0.2, 0) is 6.42 Å². The maximum Gasteiger partial charge on any atom is 0.454 e. The Morgan fingerprint density at radius 1 is 1.27 bits per heavy atom. The molecule has 0 aliphatic carbocycles. The Balaban J connectivity index is 3.14. The van der Waals surface area contributed by atoms with Crippen molar-refractivity contribution >= 4 is 27.4 Å². The van der Waals surface area contributed by atoms with Crippen molar-refractivity contribution in [1.29, 1.82) is 0 Å². The molecule has 0 amide bonds. The molecule has 0 saturated carbocycles. The Bertz CT molecular complexity index is 573. The third-order valence-corrected chi connectivity index (χ3v) is 3.88. The van der Waals surface area contributed by atoms with Crippen LogP contribution in [0.25, 0.3) is 0 Å². The van der Waals surface area contributed by atoms with Crippen molar-refractivity contribution < 1.29 is 22.9 Å². The summed E-state index contributed by atoms with van der Waals surface area (Å²) < 4.78 is 37.5. The van der Waals surface area contributed by atoms with Crippen LogP contribution in [0.4, 0.5) is 18.9 Å². The number of nitrogens with zero attached hydrogens (tertiary/aromatic N) is 1. The lowest BCUT2D eigenvalue weighted by atomic mass is 10.0. The molecule has 0 N–H and O–H groups in total. The highest BCUT2D eigenvalue weighted by Gasteiger charge is 2.40. The first kappa shape index (κ1) is 18.6.